The number of anilines is 1. The van der Waals surface area contributed by atoms with Crippen molar-refractivity contribution in [2.45, 2.75) is 18.0 Å². The summed E-state index contributed by atoms with van der Waals surface area (Å²) in [5.41, 5.74) is -3.64. The fourth-order valence-electron chi connectivity index (χ4n) is 2.76. The van der Waals surface area contributed by atoms with Gasteiger partial charge < -0.3 is 5.32 Å². The summed E-state index contributed by atoms with van der Waals surface area (Å²) in [6.45, 7) is 0.0701. The van der Waals surface area contributed by atoms with Gasteiger partial charge in [-0.25, -0.2) is 0 Å². The molecule has 0 aromatic heterocycles. The number of aliphatic imine (C=N–C) groups is 1. The highest BCUT2D eigenvalue weighted by molar-refractivity contribution is 7.90. The van der Waals surface area contributed by atoms with Crippen molar-refractivity contribution in [3.05, 3.63) is 40.0 Å². The van der Waals surface area contributed by atoms with Crippen LogP contribution in [0.1, 0.15) is 12.0 Å². The number of nitrogens with one attached hydrogen (secondary N) is 1. The second kappa shape index (κ2) is 6.27. The smallest absolute Gasteiger partial charge is 0.384 e. The van der Waals surface area contributed by atoms with E-state index in [1.165, 1.54) is 12.1 Å². The van der Waals surface area contributed by atoms with Gasteiger partial charge in [0.15, 0.2) is 0 Å². The largest absolute Gasteiger partial charge is 0.516 e. The summed E-state index contributed by atoms with van der Waals surface area (Å²) in [5, 5.41) is 14.0. The lowest BCUT2D eigenvalue weighted by Gasteiger charge is -2.22. The standard InChI is InChI=1S/C14H13F3N4O4S/c15-14(16,17)26(24,25)20-7-10(19-8-20)5-9-3-4-18-13-2-1-11(21(22)23)6-12(9)13/h1-2,5-6,8,10,18H,3-4,7H2/b9-5+. The van der Waals surface area contributed by atoms with E-state index in [0.29, 0.717) is 36.1 Å². The maximum Gasteiger partial charge on any atom is 0.516 e. The molecule has 0 radical (unpaired) electrons. The molecule has 3 rings (SSSR count). The van der Waals surface area contributed by atoms with Crippen LogP contribution >= 0.6 is 0 Å². The van der Waals surface area contributed by atoms with Gasteiger partial charge in [-0.3, -0.25) is 19.4 Å². The summed E-state index contributed by atoms with van der Waals surface area (Å²) in [6.07, 6.45) is 2.68. The van der Waals surface area contributed by atoms with E-state index in [1.54, 1.807) is 12.1 Å². The van der Waals surface area contributed by atoms with Crippen molar-refractivity contribution in [3.63, 3.8) is 0 Å². The third-order valence-electron chi connectivity index (χ3n) is 4.02. The van der Waals surface area contributed by atoms with Crippen molar-refractivity contribution < 1.29 is 26.5 Å². The Labute approximate surface area is 146 Å². The quantitative estimate of drug-likeness (QED) is 0.630. The molecule has 1 N–H and O–H groups in total. The topological polar surface area (TPSA) is 105 Å². The Bertz CT molecular complexity index is 911. The van der Waals surface area contributed by atoms with Crippen molar-refractivity contribution in [1.29, 1.82) is 0 Å². The lowest BCUT2D eigenvalue weighted by Crippen LogP contribution is -2.39. The zero-order valence-electron chi connectivity index (χ0n) is 13.1. The monoisotopic (exact) mass is 390 g/mol. The number of hydrogen-bond donors (Lipinski definition) is 1. The molecule has 0 aliphatic carbocycles. The molecule has 0 saturated heterocycles. The van der Waals surface area contributed by atoms with E-state index in [0.717, 1.165) is 0 Å². The first-order valence-electron chi connectivity index (χ1n) is 7.44. The van der Waals surface area contributed by atoms with E-state index < -0.39 is 33.0 Å². The molecule has 0 spiro atoms. The summed E-state index contributed by atoms with van der Waals surface area (Å²) in [5.74, 6) is 0. The van der Waals surface area contributed by atoms with Gasteiger partial charge in [0, 0.05) is 29.9 Å². The Morgan fingerprint density at radius 1 is 1.38 bits per heavy atom. The van der Waals surface area contributed by atoms with E-state index >= 15 is 0 Å². The highest BCUT2D eigenvalue weighted by atomic mass is 32.2. The molecular formula is C14H13F3N4O4S. The van der Waals surface area contributed by atoms with Crippen molar-refractivity contribution in [2.75, 3.05) is 18.4 Å². The van der Waals surface area contributed by atoms with Gasteiger partial charge in [0.2, 0.25) is 0 Å². The predicted molar refractivity (Wildman–Crippen MR) is 88.1 cm³/mol. The molecule has 26 heavy (non-hydrogen) atoms. The van der Waals surface area contributed by atoms with Crippen molar-refractivity contribution in [3.8, 4) is 0 Å². The molecule has 1 unspecified atom stereocenters. The molecule has 2 heterocycles. The predicted octanol–water partition coefficient (Wildman–Crippen LogP) is 2.36. The van der Waals surface area contributed by atoms with Crippen LogP contribution in [0.25, 0.3) is 5.57 Å². The van der Waals surface area contributed by atoms with E-state index in [1.807, 2.05) is 0 Å². The number of nitro groups is 1. The molecule has 2 aliphatic rings. The van der Waals surface area contributed by atoms with Gasteiger partial charge >= 0.3 is 15.5 Å². The minimum atomic E-state index is -5.48. The van der Waals surface area contributed by atoms with Crippen LogP contribution < -0.4 is 5.32 Å². The molecule has 0 bridgehead atoms. The van der Waals surface area contributed by atoms with Crippen LogP contribution in [0.4, 0.5) is 24.5 Å². The van der Waals surface area contributed by atoms with E-state index in [4.69, 9.17) is 0 Å². The number of nitro benzene ring substituents is 1. The third kappa shape index (κ3) is 3.23. The number of alkyl halides is 3. The Kier molecular flexibility index (Phi) is 4.38. The minimum Gasteiger partial charge on any atom is -0.384 e. The fourth-order valence-corrected chi connectivity index (χ4v) is 3.56. The van der Waals surface area contributed by atoms with Gasteiger partial charge in [-0.15, -0.1) is 0 Å². The van der Waals surface area contributed by atoms with Gasteiger partial charge in [0.05, 0.1) is 17.5 Å². The lowest BCUT2D eigenvalue weighted by atomic mass is 9.95. The molecule has 12 heteroatoms. The van der Waals surface area contributed by atoms with Crippen LogP contribution in [-0.2, 0) is 10.0 Å². The zero-order valence-corrected chi connectivity index (χ0v) is 13.9. The number of benzene rings is 1. The van der Waals surface area contributed by atoms with Crippen molar-refractivity contribution in [2.24, 2.45) is 4.99 Å². The number of sulfonamides is 1. The minimum absolute atomic E-state index is 0.116. The molecule has 1 aromatic carbocycles. The molecule has 0 saturated carbocycles. The van der Waals surface area contributed by atoms with Crippen LogP contribution in [0.3, 0.4) is 0 Å². The second-order valence-electron chi connectivity index (χ2n) is 5.71. The third-order valence-corrected chi connectivity index (χ3v) is 5.46. The first kappa shape index (κ1) is 18.2. The lowest BCUT2D eigenvalue weighted by molar-refractivity contribution is -0.384. The molecule has 1 atom stereocenters. The van der Waals surface area contributed by atoms with E-state index in [-0.39, 0.29) is 9.99 Å². The Hall–Kier alpha value is -2.63. The zero-order chi connectivity index (χ0) is 19.1. The number of fused-ring (bicyclic) bond motifs is 1. The highest BCUT2D eigenvalue weighted by Crippen LogP contribution is 2.35. The number of rotatable bonds is 3. The van der Waals surface area contributed by atoms with Crippen molar-refractivity contribution in [1.82, 2.24) is 4.31 Å². The molecule has 140 valence electrons. The van der Waals surface area contributed by atoms with Gasteiger partial charge in [-0.2, -0.15) is 21.6 Å². The SMILES string of the molecule is O=[N+]([O-])c1ccc2c(c1)/C(=C/C1CN(S(=O)(=O)C(F)(F)F)C=N1)CCN2. The normalized spacial score (nSPS) is 21.6. The van der Waals surface area contributed by atoms with Gasteiger partial charge in [0.1, 0.15) is 6.34 Å². The first-order valence-corrected chi connectivity index (χ1v) is 8.88. The van der Waals surface area contributed by atoms with E-state index in [2.05, 4.69) is 10.3 Å². The van der Waals surface area contributed by atoms with Crippen LogP contribution in [0.2, 0.25) is 0 Å². The summed E-state index contributed by atoms with van der Waals surface area (Å²) >= 11 is 0. The Morgan fingerprint density at radius 2 is 2.12 bits per heavy atom. The van der Waals surface area contributed by atoms with Crippen LogP contribution in [0.5, 0.6) is 0 Å². The van der Waals surface area contributed by atoms with Crippen LogP contribution in [0.15, 0.2) is 29.3 Å². The number of nitrogens with zero attached hydrogens (tertiary/aromatic N) is 3. The van der Waals surface area contributed by atoms with Gasteiger partial charge in [0.25, 0.3) is 5.69 Å². The Morgan fingerprint density at radius 3 is 2.77 bits per heavy atom. The summed E-state index contributed by atoms with van der Waals surface area (Å²) in [6, 6.07) is 3.47. The molecule has 0 amide bonds. The molecule has 2 aliphatic heterocycles. The van der Waals surface area contributed by atoms with E-state index in [9.17, 15) is 31.7 Å². The number of halogens is 3. The molecule has 8 nitrogen and oxygen atoms in total. The van der Waals surface area contributed by atoms with Gasteiger partial charge in [-0.1, -0.05) is 6.08 Å². The number of hydrogen-bond acceptors (Lipinski definition) is 6. The molecular weight excluding hydrogens is 377 g/mol. The summed E-state index contributed by atoms with van der Waals surface area (Å²) in [4.78, 5) is 14.2. The number of non-ortho nitro benzene ring substituents is 1. The average molecular weight is 390 g/mol. The van der Waals surface area contributed by atoms with Crippen LogP contribution in [0, 0.1) is 10.1 Å². The Balaban J connectivity index is 1.87. The first-order chi connectivity index (χ1) is 12.1. The second-order valence-corrected chi connectivity index (χ2v) is 7.59. The highest BCUT2D eigenvalue weighted by Gasteiger charge is 2.50. The fraction of sp³-hybridized carbons (Fsp3) is 0.357. The summed E-state index contributed by atoms with van der Waals surface area (Å²) < 4.78 is 60.8. The van der Waals surface area contributed by atoms with Crippen LogP contribution in [-0.4, -0.2) is 48.6 Å². The van der Waals surface area contributed by atoms with Crippen molar-refractivity contribution >= 4 is 33.3 Å². The maximum atomic E-state index is 12.6. The summed E-state index contributed by atoms with van der Waals surface area (Å²) in [7, 11) is -5.48. The van der Waals surface area contributed by atoms with Gasteiger partial charge in [-0.05, 0) is 18.1 Å². The molecule has 0 fully saturated rings. The average Bonchev–Trinajstić information content (AvgIpc) is 3.03. The maximum absolute atomic E-state index is 12.6. The molecule has 1 aromatic rings.